The van der Waals surface area contributed by atoms with Crippen LogP contribution in [0.25, 0.3) is 0 Å². The Morgan fingerprint density at radius 3 is 2.67 bits per heavy atom. The van der Waals surface area contributed by atoms with E-state index in [0.717, 1.165) is 36.6 Å². The van der Waals surface area contributed by atoms with E-state index in [1.54, 1.807) is 0 Å². The second-order valence-electron chi connectivity index (χ2n) is 6.50. The molecule has 1 fully saturated rings. The van der Waals surface area contributed by atoms with Crippen molar-refractivity contribution < 1.29 is 4.79 Å². The fraction of sp³-hybridized carbons (Fsp3) is 0.647. The molecule has 4 heteroatoms. The van der Waals surface area contributed by atoms with Crippen LogP contribution in [0.2, 0.25) is 0 Å². The lowest BCUT2D eigenvalue weighted by Crippen LogP contribution is -2.34. The molecule has 21 heavy (non-hydrogen) atoms. The van der Waals surface area contributed by atoms with E-state index >= 15 is 0 Å². The number of pyridine rings is 1. The minimum Gasteiger partial charge on any atom is -0.370 e. The van der Waals surface area contributed by atoms with Gasteiger partial charge in [0, 0.05) is 30.4 Å². The van der Waals surface area contributed by atoms with E-state index in [1.807, 2.05) is 24.0 Å². The number of anilines is 1. The lowest BCUT2D eigenvalue weighted by atomic mass is 10.1. The maximum absolute atomic E-state index is 12.8. The average Bonchev–Trinajstić information content (AvgIpc) is 2.77. The van der Waals surface area contributed by atoms with Crippen LogP contribution < -0.4 is 5.32 Å². The highest BCUT2D eigenvalue weighted by molar-refractivity contribution is 5.95. The SMILES string of the molecule is CCNc1cc(C(=O)N2CC(C)CC2C)cc(C(C)C)n1. The highest BCUT2D eigenvalue weighted by Gasteiger charge is 2.30. The molecule has 1 aromatic heterocycles. The molecule has 0 radical (unpaired) electrons. The topological polar surface area (TPSA) is 45.2 Å². The monoisotopic (exact) mass is 289 g/mol. The number of rotatable bonds is 4. The van der Waals surface area contributed by atoms with Gasteiger partial charge in [0.25, 0.3) is 5.91 Å². The van der Waals surface area contributed by atoms with Crippen molar-refractivity contribution in [3.8, 4) is 0 Å². The molecule has 4 nitrogen and oxygen atoms in total. The fourth-order valence-electron chi connectivity index (χ4n) is 2.99. The molecular weight excluding hydrogens is 262 g/mol. The quantitative estimate of drug-likeness (QED) is 0.922. The number of carbonyl (C=O) groups is 1. The average molecular weight is 289 g/mol. The Labute approximate surface area is 127 Å². The van der Waals surface area contributed by atoms with Gasteiger partial charge in [0.05, 0.1) is 0 Å². The maximum Gasteiger partial charge on any atom is 0.254 e. The van der Waals surface area contributed by atoms with Crippen LogP contribution in [0.1, 0.15) is 63.0 Å². The Balaban J connectivity index is 2.31. The van der Waals surface area contributed by atoms with Crippen LogP contribution in [0.5, 0.6) is 0 Å². The van der Waals surface area contributed by atoms with Gasteiger partial charge in [-0.25, -0.2) is 4.98 Å². The first-order valence-electron chi connectivity index (χ1n) is 7.99. The maximum atomic E-state index is 12.8. The minimum absolute atomic E-state index is 0.135. The zero-order valence-electron chi connectivity index (χ0n) is 13.8. The van der Waals surface area contributed by atoms with E-state index in [4.69, 9.17) is 0 Å². The number of nitrogens with one attached hydrogen (secondary N) is 1. The molecule has 1 saturated heterocycles. The minimum atomic E-state index is 0.135. The van der Waals surface area contributed by atoms with Gasteiger partial charge in [-0.15, -0.1) is 0 Å². The van der Waals surface area contributed by atoms with E-state index in [-0.39, 0.29) is 5.91 Å². The van der Waals surface area contributed by atoms with Gasteiger partial charge in [-0.05, 0) is 44.2 Å². The Morgan fingerprint density at radius 1 is 1.43 bits per heavy atom. The smallest absolute Gasteiger partial charge is 0.254 e. The van der Waals surface area contributed by atoms with E-state index < -0.39 is 0 Å². The summed E-state index contributed by atoms with van der Waals surface area (Å²) in [4.78, 5) is 19.4. The number of likely N-dealkylation sites (tertiary alicyclic amines) is 1. The molecule has 2 unspecified atom stereocenters. The third-order valence-electron chi connectivity index (χ3n) is 4.09. The van der Waals surface area contributed by atoms with Crippen molar-refractivity contribution >= 4 is 11.7 Å². The Kier molecular flexibility index (Phi) is 4.86. The molecule has 1 N–H and O–H groups in total. The number of hydrogen-bond acceptors (Lipinski definition) is 3. The molecule has 2 rings (SSSR count). The number of hydrogen-bond donors (Lipinski definition) is 1. The molecule has 116 valence electrons. The van der Waals surface area contributed by atoms with Gasteiger partial charge in [0.1, 0.15) is 5.82 Å². The predicted octanol–water partition coefficient (Wildman–Crippen LogP) is 3.51. The van der Waals surface area contributed by atoms with Crippen LogP contribution in [0.3, 0.4) is 0 Å². The number of aromatic nitrogens is 1. The summed E-state index contributed by atoms with van der Waals surface area (Å²) in [5.74, 6) is 1.83. The van der Waals surface area contributed by atoms with Crippen LogP contribution >= 0.6 is 0 Å². The summed E-state index contributed by atoms with van der Waals surface area (Å²) in [5.41, 5.74) is 1.72. The lowest BCUT2D eigenvalue weighted by Gasteiger charge is -2.22. The van der Waals surface area contributed by atoms with Crippen molar-refractivity contribution in [3.05, 3.63) is 23.4 Å². The van der Waals surface area contributed by atoms with Crippen LogP contribution in [0, 0.1) is 5.92 Å². The van der Waals surface area contributed by atoms with Gasteiger partial charge in [-0.2, -0.15) is 0 Å². The van der Waals surface area contributed by atoms with Gasteiger partial charge >= 0.3 is 0 Å². The molecular formula is C17H27N3O. The molecule has 0 saturated carbocycles. The summed E-state index contributed by atoms with van der Waals surface area (Å²) in [5, 5.41) is 3.23. The van der Waals surface area contributed by atoms with Crippen molar-refractivity contribution in [2.75, 3.05) is 18.4 Å². The van der Waals surface area contributed by atoms with Crippen molar-refractivity contribution in [3.63, 3.8) is 0 Å². The molecule has 2 atom stereocenters. The first-order valence-corrected chi connectivity index (χ1v) is 7.99. The number of amides is 1. The molecule has 0 spiro atoms. The molecule has 0 aromatic carbocycles. The third-order valence-corrected chi connectivity index (χ3v) is 4.09. The van der Waals surface area contributed by atoms with E-state index in [1.165, 1.54) is 0 Å². The summed E-state index contributed by atoms with van der Waals surface area (Å²) in [6.07, 6.45) is 1.09. The largest absolute Gasteiger partial charge is 0.370 e. The molecule has 0 bridgehead atoms. The normalized spacial score (nSPS) is 21.9. The van der Waals surface area contributed by atoms with Gasteiger partial charge in [0.15, 0.2) is 0 Å². The number of nitrogens with zero attached hydrogens (tertiary/aromatic N) is 2. The molecule has 1 aliphatic rings. The highest BCUT2D eigenvalue weighted by Crippen LogP contribution is 2.26. The molecule has 0 aliphatic carbocycles. The van der Waals surface area contributed by atoms with Crippen LogP contribution in [0.4, 0.5) is 5.82 Å². The Hall–Kier alpha value is -1.58. The van der Waals surface area contributed by atoms with Crippen LogP contribution in [0.15, 0.2) is 12.1 Å². The van der Waals surface area contributed by atoms with Gasteiger partial charge < -0.3 is 10.2 Å². The summed E-state index contributed by atoms with van der Waals surface area (Å²) >= 11 is 0. The van der Waals surface area contributed by atoms with Gasteiger partial charge in [0.2, 0.25) is 0 Å². The molecule has 1 aromatic rings. The standard InChI is InChI=1S/C17H27N3O/c1-6-18-16-9-14(8-15(19-16)11(2)3)17(21)20-10-12(4)7-13(20)5/h8-9,11-13H,6-7,10H2,1-5H3,(H,18,19). The predicted molar refractivity (Wildman–Crippen MR) is 86.8 cm³/mol. The lowest BCUT2D eigenvalue weighted by molar-refractivity contribution is 0.0743. The van der Waals surface area contributed by atoms with Crippen molar-refractivity contribution in [2.45, 2.75) is 53.0 Å². The first kappa shape index (κ1) is 15.8. The summed E-state index contributed by atoms with van der Waals surface area (Å²) in [7, 11) is 0. The van der Waals surface area contributed by atoms with Crippen molar-refractivity contribution in [2.24, 2.45) is 5.92 Å². The van der Waals surface area contributed by atoms with Gasteiger partial charge in [-0.1, -0.05) is 20.8 Å². The molecule has 1 amide bonds. The summed E-state index contributed by atoms with van der Waals surface area (Å²) in [6, 6.07) is 4.16. The Bertz CT molecular complexity index is 513. The zero-order valence-corrected chi connectivity index (χ0v) is 13.8. The van der Waals surface area contributed by atoms with Crippen LogP contribution in [-0.2, 0) is 0 Å². The fourth-order valence-corrected chi connectivity index (χ4v) is 2.99. The highest BCUT2D eigenvalue weighted by atomic mass is 16.2. The second kappa shape index (κ2) is 6.46. The Morgan fingerprint density at radius 2 is 2.14 bits per heavy atom. The van der Waals surface area contributed by atoms with Gasteiger partial charge in [-0.3, -0.25) is 4.79 Å². The van der Waals surface area contributed by atoms with Crippen molar-refractivity contribution in [1.82, 2.24) is 9.88 Å². The van der Waals surface area contributed by atoms with E-state index in [9.17, 15) is 4.79 Å². The third kappa shape index (κ3) is 3.55. The molecule has 2 heterocycles. The molecule has 1 aliphatic heterocycles. The summed E-state index contributed by atoms with van der Waals surface area (Å²) in [6.45, 7) is 12.3. The van der Waals surface area contributed by atoms with Crippen molar-refractivity contribution in [1.29, 1.82) is 0 Å². The number of carbonyl (C=O) groups excluding carboxylic acids is 1. The second-order valence-corrected chi connectivity index (χ2v) is 6.50. The zero-order chi connectivity index (χ0) is 15.6. The van der Waals surface area contributed by atoms with Crippen LogP contribution in [-0.4, -0.2) is 34.9 Å². The van der Waals surface area contributed by atoms with E-state index in [0.29, 0.717) is 17.9 Å². The summed E-state index contributed by atoms with van der Waals surface area (Å²) < 4.78 is 0. The van der Waals surface area contributed by atoms with E-state index in [2.05, 4.69) is 38.0 Å². The first-order chi connectivity index (χ1) is 9.92.